The van der Waals surface area contributed by atoms with E-state index in [4.69, 9.17) is 4.74 Å². The summed E-state index contributed by atoms with van der Waals surface area (Å²) < 4.78 is 5.20. The number of aromatic nitrogens is 1. The van der Waals surface area contributed by atoms with Crippen LogP contribution in [-0.4, -0.2) is 24.7 Å². The van der Waals surface area contributed by atoms with Crippen molar-refractivity contribution in [3.63, 3.8) is 0 Å². The maximum absolute atomic E-state index is 5.20. The summed E-state index contributed by atoms with van der Waals surface area (Å²) in [7, 11) is 0. The Morgan fingerprint density at radius 1 is 1.57 bits per heavy atom. The smallest absolute Gasteiger partial charge is 0.0603 e. The Balaban J connectivity index is 1.95. The summed E-state index contributed by atoms with van der Waals surface area (Å²) in [5, 5.41) is 3.41. The van der Waals surface area contributed by atoms with E-state index in [1.54, 1.807) is 0 Å². The molecule has 0 aromatic carbocycles. The maximum atomic E-state index is 5.20. The van der Waals surface area contributed by atoms with Crippen LogP contribution >= 0.6 is 0 Å². The molecule has 1 aromatic heterocycles. The molecule has 1 aromatic rings. The number of hydrogen-bond donors (Lipinski definition) is 1. The number of nitrogens with zero attached hydrogens (tertiary/aromatic N) is 1. The molecule has 1 N–H and O–H groups in total. The quantitative estimate of drug-likeness (QED) is 0.793. The van der Waals surface area contributed by atoms with Gasteiger partial charge in [0.05, 0.1) is 24.6 Å². The monoisotopic (exact) mass is 192 g/mol. The third kappa shape index (κ3) is 1.87. The van der Waals surface area contributed by atoms with Crippen molar-refractivity contribution in [1.29, 1.82) is 0 Å². The number of ether oxygens (including phenoxy) is 1. The van der Waals surface area contributed by atoms with Crippen molar-refractivity contribution in [1.82, 2.24) is 4.98 Å². The molecule has 1 aliphatic rings. The summed E-state index contributed by atoms with van der Waals surface area (Å²) in [4.78, 5) is 4.23. The van der Waals surface area contributed by atoms with E-state index in [1.807, 2.05) is 19.2 Å². The summed E-state index contributed by atoms with van der Waals surface area (Å²) in [6, 6.07) is 4.01. The highest BCUT2D eigenvalue weighted by Crippen LogP contribution is 2.27. The predicted octanol–water partition coefficient (Wildman–Crippen LogP) is 1.84. The molecule has 0 unspecified atom stereocenters. The molecule has 1 aliphatic heterocycles. The Bertz CT molecular complexity index is 321. The first-order valence-electron chi connectivity index (χ1n) is 4.93. The highest BCUT2D eigenvalue weighted by atomic mass is 16.5. The lowest BCUT2D eigenvalue weighted by Crippen LogP contribution is -2.45. The summed E-state index contributed by atoms with van der Waals surface area (Å²) in [5.74, 6) is 0. The van der Waals surface area contributed by atoms with Crippen molar-refractivity contribution in [2.75, 3.05) is 25.1 Å². The lowest BCUT2D eigenvalue weighted by Gasteiger charge is -2.38. The molecule has 1 saturated heterocycles. The first kappa shape index (κ1) is 9.46. The molecule has 14 heavy (non-hydrogen) atoms. The minimum atomic E-state index is 0.308. The van der Waals surface area contributed by atoms with Gasteiger partial charge in [0.15, 0.2) is 0 Å². The molecule has 0 aliphatic carbocycles. The molecule has 0 amide bonds. The van der Waals surface area contributed by atoms with Crippen molar-refractivity contribution in [2.24, 2.45) is 5.41 Å². The molecule has 0 saturated carbocycles. The average molecular weight is 192 g/mol. The molecular formula is C11H16N2O. The minimum Gasteiger partial charge on any atom is -0.383 e. The van der Waals surface area contributed by atoms with Gasteiger partial charge in [0.2, 0.25) is 0 Å². The van der Waals surface area contributed by atoms with E-state index in [0.29, 0.717) is 5.41 Å². The van der Waals surface area contributed by atoms with E-state index < -0.39 is 0 Å². The van der Waals surface area contributed by atoms with Gasteiger partial charge in [-0.05, 0) is 19.1 Å². The van der Waals surface area contributed by atoms with Crippen molar-refractivity contribution in [3.05, 3.63) is 24.0 Å². The van der Waals surface area contributed by atoms with E-state index >= 15 is 0 Å². The number of rotatable bonds is 3. The molecule has 0 radical (unpaired) electrons. The van der Waals surface area contributed by atoms with Crippen molar-refractivity contribution in [3.8, 4) is 0 Å². The van der Waals surface area contributed by atoms with Gasteiger partial charge in [-0.2, -0.15) is 0 Å². The van der Waals surface area contributed by atoms with Crippen LogP contribution in [0, 0.1) is 12.3 Å². The normalized spacial score (nSPS) is 18.7. The largest absolute Gasteiger partial charge is 0.383 e. The topological polar surface area (TPSA) is 34.2 Å². The highest BCUT2D eigenvalue weighted by molar-refractivity contribution is 5.46. The van der Waals surface area contributed by atoms with Gasteiger partial charge in [-0.1, -0.05) is 6.92 Å². The van der Waals surface area contributed by atoms with Crippen LogP contribution in [0.5, 0.6) is 0 Å². The molecule has 76 valence electrons. The zero-order valence-corrected chi connectivity index (χ0v) is 8.71. The zero-order valence-electron chi connectivity index (χ0n) is 8.71. The van der Waals surface area contributed by atoms with Crippen LogP contribution in [0.3, 0.4) is 0 Å². The Kier molecular flexibility index (Phi) is 2.42. The minimum absolute atomic E-state index is 0.308. The fraction of sp³-hybridized carbons (Fsp3) is 0.545. The second kappa shape index (κ2) is 3.58. The van der Waals surface area contributed by atoms with Crippen molar-refractivity contribution >= 4 is 5.69 Å². The molecule has 2 heterocycles. The van der Waals surface area contributed by atoms with Crippen LogP contribution in [0.15, 0.2) is 18.3 Å². The molecule has 2 rings (SSSR count). The first-order valence-corrected chi connectivity index (χ1v) is 4.93. The van der Waals surface area contributed by atoms with Crippen molar-refractivity contribution in [2.45, 2.75) is 13.8 Å². The number of nitrogens with one attached hydrogen (secondary N) is 1. The fourth-order valence-corrected chi connectivity index (χ4v) is 1.53. The molecule has 0 bridgehead atoms. The molecule has 0 atom stereocenters. The number of aryl methyl sites for hydroxylation is 1. The Morgan fingerprint density at radius 2 is 2.36 bits per heavy atom. The van der Waals surface area contributed by atoms with Crippen LogP contribution in [0.2, 0.25) is 0 Å². The maximum Gasteiger partial charge on any atom is 0.0603 e. The molecular weight excluding hydrogens is 176 g/mol. The van der Waals surface area contributed by atoms with Gasteiger partial charge in [0.25, 0.3) is 0 Å². The standard InChI is InChI=1S/C11H16N2O/c1-9-10(4-3-5-12-9)13-6-11(2)7-14-8-11/h3-5,13H,6-8H2,1-2H3. The lowest BCUT2D eigenvalue weighted by atomic mass is 9.88. The Morgan fingerprint density at radius 3 is 2.93 bits per heavy atom. The predicted molar refractivity (Wildman–Crippen MR) is 56.4 cm³/mol. The van der Waals surface area contributed by atoms with E-state index in [9.17, 15) is 0 Å². The third-order valence-electron chi connectivity index (χ3n) is 2.61. The van der Waals surface area contributed by atoms with E-state index in [-0.39, 0.29) is 0 Å². The number of anilines is 1. The molecule has 3 heteroatoms. The van der Waals surface area contributed by atoms with Crippen LogP contribution in [-0.2, 0) is 4.74 Å². The van der Waals surface area contributed by atoms with E-state index in [2.05, 4.69) is 23.3 Å². The van der Waals surface area contributed by atoms with Gasteiger partial charge >= 0.3 is 0 Å². The van der Waals surface area contributed by atoms with E-state index in [1.165, 1.54) is 0 Å². The molecule has 3 nitrogen and oxygen atoms in total. The fourth-order valence-electron chi connectivity index (χ4n) is 1.53. The third-order valence-corrected chi connectivity index (χ3v) is 2.61. The van der Waals surface area contributed by atoms with Crippen molar-refractivity contribution < 1.29 is 4.74 Å². The van der Waals surface area contributed by atoms with Gasteiger partial charge in [-0.3, -0.25) is 4.98 Å². The first-order chi connectivity index (χ1) is 6.70. The van der Waals surface area contributed by atoms with Gasteiger partial charge < -0.3 is 10.1 Å². The van der Waals surface area contributed by atoms with Gasteiger partial charge in [0, 0.05) is 18.2 Å². The van der Waals surface area contributed by atoms with Gasteiger partial charge in [-0.15, -0.1) is 0 Å². The van der Waals surface area contributed by atoms with Crippen LogP contribution in [0.4, 0.5) is 5.69 Å². The second-order valence-electron chi connectivity index (χ2n) is 4.29. The lowest BCUT2D eigenvalue weighted by molar-refractivity contribution is -0.0924. The SMILES string of the molecule is Cc1ncccc1NCC1(C)COC1. The summed E-state index contributed by atoms with van der Waals surface area (Å²) in [6.07, 6.45) is 1.81. The summed E-state index contributed by atoms with van der Waals surface area (Å²) >= 11 is 0. The summed E-state index contributed by atoms with van der Waals surface area (Å²) in [6.45, 7) is 6.93. The average Bonchev–Trinajstić information content (AvgIpc) is 2.14. The number of hydrogen-bond acceptors (Lipinski definition) is 3. The van der Waals surface area contributed by atoms with E-state index in [0.717, 1.165) is 31.1 Å². The van der Waals surface area contributed by atoms with Crippen LogP contribution in [0.25, 0.3) is 0 Å². The molecule has 1 fully saturated rings. The van der Waals surface area contributed by atoms with Crippen LogP contribution < -0.4 is 5.32 Å². The zero-order chi connectivity index (χ0) is 10.0. The summed E-state index contributed by atoms with van der Waals surface area (Å²) in [5.41, 5.74) is 2.49. The number of pyridine rings is 1. The van der Waals surface area contributed by atoms with Gasteiger partial charge in [0.1, 0.15) is 0 Å². The second-order valence-corrected chi connectivity index (χ2v) is 4.29. The van der Waals surface area contributed by atoms with Crippen LogP contribution in [0.1, 0.15) is 12.6 Å². The Labute approximate surface area is 84.5 Å². The molecule has 0 spiro atoms. The highest BCUT2D eigenvalue weighted by Gasteiger charge is 2.32. The Hall–Kier alpha value is -1.09. The van der Waals surface area contributed by atoms with Gasteiger partial charge in [-0.25, -0.2) is 0 Å².